The van der Waals surface area contributed by atoms with Gasteiger partial charge in [-0.05, 0) is 60.5 Å². The number of hydrogen-bond donors (Lipinski definition) is 4. The highest BCUT2D eigenvalue weighted by atomic mass is 32.2. The molecule has 0 aromatic heterocycles. The molecule has 0 atom stereocenters. The van der Waals surface area contributed by atoms with Gasteiger partial charge in [0.2, 0.25) is 0 Å². The monoisotopic (exact) mass is 624 g/mol. The minimum absolute atomic E-state index is 0.0118. The summed E-state index contributed by atoms with van der Waals surface area (Å²) in [5.41, 5.74) is 3.50. The highest BCUT2D eigenvalue weighted by Crippen LogP contribution is 2.27. The second-order valence-corrected chi connectivity index (χ2v) is 11.3. The van der Waals surface area contributed by atoms with Crippen LogP contribution in [-0.4, -0.2) is 50.9 Å². The van der Waals surface area contributed by atoms with Crippen molar-refractivity contribution in [2.75, 3.05) is 13.1 Å². The van der Waals surface area contributed by atoms with E-state index in [-0.39, 0.29) is 36.6 Å². The van der Waals surface area contributed by atoms with E-state index in [0.29, 0.717) is 17.7 Å². The molecule has 0 saturated carbocycles. The number of rotatable bonds is 14. The third-order valence-electron chi connectivity index (χ3n) is 5.36. The molecule has 14 nitrogen and oxygen atoms in total. The average molecular weight is 625 g/mol. The molecule has 0 aliphatic heterocycles. The summed E-state index contributed by atoms with van der Waals surface area (Å²) in [6.07, 6.45) is 0. The van der Waals surface area contributed by atoms with Crippen molar-refractivity contribution in [2.24, 2.45) is 0 Å². The Balaban J connectivity index is 1.66. The maximum Gasteiger partial charge on any atom is 0.343 e. The smallest absolute Gasteiger partial charge is 0.343 e. The first-order valence-corrected chi connectivity index (χ1v) is 15.2. The van der Waals surface area contributed by atoms with Crippen LogP contribution in [0.2, 0.25) is 0 Å². The molecule has 0 unspecified atom stereocenters. The van der Waals surface area contributed by atoms with Gasteiger partial charge in [-0.25, -0.2) is 10.3 Å². The van der Waals surface area contributed by atoms with Gasteiger partial charge < -0.3 is 14.9 Å². The van der Waals surface area contributed by atoms with Gasteiger partial charge in [0.15, 0.2) is 11.5 Å². The zero-order valence-electron chi connectivity index (χ0n) is 22.4. The summed E-state index contributed by atoms with van der Waals surface area (Å²) in [7, 11) is -9.49. The normalized spacial score (nSPS) is 11.6. The number of ether oxygens (including phenoxy) is 1. The summed E-state index contributed by atoms with van der Waals surface area (Å²) < 4.78 is 71.6. The molecular weight excluding hydrogens is 596 g/mol. The van der Waals surface area contributed by atoms with Crippen molar-refractivity contribution in [3.63, 3.8) is 0 Å². The van der Waals surface area contributed by atoms with E-state index in [1.165, 1.54) is 48.5 Å². The van der Waals surface area contributed by atoms with E-state index >= 15 is 0 Å². The molecule has 0 aliphatic carbocycles. The molecule has 4 N–H and O–H groups in total. The van der Waals surface area contributed by atoms with Crippen LogP contribution in [0.15, 0.2) is 70.5 Å². The van der Waals surface area contributed by atoms with E-state index in [0.717, 1.165) is 12.1 Å². The van der Waals surface area contributed by atoms with Gasteiger partial charge in [0.1, 0.15) is 16.4 Å². The van der Waals surface area contributed by atoms with Crippen LogP contribution in [0.4, 0.5) is 0 Å². The van der Waals surface area contributed by atoms with E-state index < -0.39 is 47.7 Å². The lowest BCUT2D eigenvalue weighted by molar-refractivity contribution is -0.219. The van der Waals surface area contributed by atoms with E-state index in [1.54, 1.807) is 6.92 Å². The van der Waals surface area contributed by atoms with Crippen molar-refractivity contribution in [1.29, 1.82) is 0 Å². The minimum Gasteiger partial charge on any atom is -0.421 e. The van der Waals surface area contributed by atoms with Crippen LogP contribution in [0.3, 0.4) is 0 Å². The molecule has 1 amide bonds. The van der Waals surface area contributed by atoms with Crippen LogP contribution in [0.25, 0.3) is 0 Å². The molecule has 3 aromatic rings. The zero-order chi connectivity index (χ0) is 30.9. The summed E-state index contributed by atoms with van der Waals surface area (Å²) >= 11 is 0. The van der Waals surface area contributed by atoms with Crippen molar-refractivity contribution in [2.45, 2.75) is 36.9 Å². The van der Waals surface area contributed by atoms with E-state index in [4.69, 9.17) is 19.3 Å². The molecule has 0 saturated heterocycles. The Hall–Kier alpha value is -3.90. The molecule has 226 valence electrons. The van der Waals surface area contributed by atoms with Crippen molar-refractivity contribution < 1.29 is 54.9 Å². The number of carbonyl (C=O) groups excluding carboxylic acids is 2. The molecule has 0 radical (unpaired) electrons. The molecular formula is C26H28N2O12S2. The van der Waals surface area contributed by atoms with E-state index in [9.17, 15) is 35.5 Å². The lowest BCUT2D eigenvalue weighted by Crippen LogP contribution is -2.23. The first kappa shape index (κ1) is 32.6. The van der Waals surface area contributed by atoms with Crippen LogP contribution in [0.5, 0.6) is 11.5 Å². The molecule has 42 heavy (non-hydrogen) atoms. The fourth-order valence-electron chi connectivity index (χ4n) is 3.40. The third-order valence-corrected chi connectivity index (χ3v) is 7.11. The predicted molar refractivity (Wildman–Crippen MR) is 146 cm³/mol. The Morgan fingerprint density at radius 2 is 1.33 bits per heavy atom. The molecule has 0 heterocycles. The summed E-state index contributed by atoms with van der Waals surface area (Å²) in [5, 5.41) is 2.49. The summed E-state index contributed by atoms with van der Waals surface area (Å²) in [6.45, 7) is 4.15. The maximum absolute atomic E-state index is 12.6. The Bertz CT molecular complexity index is 1640. The lowest BCUT2D eigenvalue weighted by atomic mass is 10.1. The first-order chi connectivity index (χ1) is 19.8. The van der Waals surface area contributed by atoms with Gasteiger partial charge in [-0.1, -0.05) is 25.1 Å². The largest absolute Gasteiger partial charge is 0.421 e. The third kappa shape index (κ3) is 9.05. The highest BCUT2D eigenvalue weighted by molar-refractivity contribution is 7.86. The van der Waals surface area contributed by atoms with Gasteiger partial charge >= 0.3 is 5.97 Å². The SMILES string of the molecule is CCNOCc1ccc(OOCc2ccc(C(=O)Oc3ccc(C(=O)NCC)cc3S(=O)(=O)O)cc2)c(S(=O)(=O)O)c1. The number of amides is 1. The van der Waals surface area contributed by atoms with E-state index in [1.807, 2.05) is 6.92 Å². The fraction of sp³-hybridized carbons (Fsp3) is 0.231. The molecule has 0 fully saturated rings. The number of hydrogen-bond acceptors (Lipinski definition) is 11. The Morgan fingerprint density at radius 3 is 1.95 bits per heavy atom. The van der Waals surface area contributed by atoms with Crippen LogP contribution in [-0.2, 0) is 43.2 Å². The number of carbonyl (C=O) groups is 2. The van der Waals surface area contributed by atoms with Crippen LogP contribution >= 0.6 is 0 Å². The second-order valence-electron chi connectivity index (χ2n) is 8.47. The molecule has 0 aliphatic rings. The maximum atomic E-state index is 12.6. The summed E-state index contributed by atoms with van der Waals surface area (Å²) in [6, 6.07) is 12.8. The number of benzene rings is 3. The summed E-state index contributed by atoms with van der Waals surface area (Å²) in [4.78, 5) is 38.7. The molecule has 3 rings (SSSR count). The van der Waals surface area contributed by atoms with Crippen molar-refractivity contribution in [3.05, 3.63) is 82.9 Å². The molecule has 0 spiro atoms. The first-order valence-electron chi connectivity index (χ1n) is 12.3. The highest BCUT2D eigenvalue weighted by Gasteiger charge is 2.22. The topological polar surface area (TPSA) is 204 Å². The fourth-order valence-corrected chi connectivity index (χ4v) is 4.70. The second kappa shape index (κ2) is 14.3. The molecule has 0 bridgehead atoms. The van der Waals surface area contributed by atoms with Crippen molar-refractivity contribution in [3.8, 4) is 11.5 Å². The Kier molecular flexibility index (Phi) is 11.1. The minimum atomic E-state index is -4.84. The van der Waals surface area contributed by atoms with Gasteiger partial charge in [-0.3, -0.25) is 18.7 Å². The van der Waals surface area contributed by atoms with Gasteiger partial charge in [0.05, 0.1) is 12.2 Å². The Morgan fingerprint density at radius 1 is 0.738 bits per heavy atom. The van der Waals surface area contributed by atoms with Gasteiger partial charge in [0, 0.05) is 18.7 Å². The average Bonchev–Trinajstić information content (AvgIpc) is 2.93. The van der Waals surface area contributed by atoms with Gasteiger partial charge in [-0.15, -0.1) is 0 Å². The number of esters is 1. The van der Waals surface area contributed by atoms with Crippen LogP contribution in [0, 0.1) is 0 Å². The standard InChI is InChI=1S/C26H28N2O12S2/c1-3-27-25(29)20-10-12-21(24(14-20)42(34,35)36)39-26(30)19-8-5-17(6-9-19)16-38-40-22-11-7-18(15-37-28-4-2)13-23(22)41(31,32)33/h5-14,28H,3-4,15-16H2,1-2H3,(H,27,29)(H,31,32,33)(H,34,35,36). The predicted octanol–water partition coefficient (Wildman–Crippen LogP) is 2.70. The van der Waals surface area contributed by atoms with Crippen LogP contribution < -0.4 is 20.4 Å². The molecule has 16 heteroatoms. The van der Waals surface area contributed by atoms with Crippen molar-refractivity contribution >= 4 is 32.1 Å². The lowest BCUT2D eigenvalue weighted by Gasteiger charge is -2.11. The van der Waals surface area contributed by atoms with Gasteiger partial charge in [-0.2, -0.15) is 21.7 Å². The molecule has 3 aromatic carbocycles. The van der Waals surface area contributed by atoms with Gasteiger partial charge in [0.25, 0.3) is 26.1 Å². The van der Waals surface area contributed by atoms with Crippen LogP contribution in [0.1, 0.15) is 45.7 Å². The number of nitrogens with one attached hydrogen (secondary N) is 2. The number of hydroxylamine groups is 1. The zero-order valence-corrected chi connectivity index (χ0v) is 24.0. The van der Waals surface area contributed by atoms with Crippen molar-refractivity contribution in [1.82, 2.24) is 10.8 Å². The Labute approximate surface area is 241 Å². The van der Waals surface area contributed by atoms with E-state index in [2.05, 4.69) is 10.8 Å². The quantitative estimate of drug-likeness (QED) is 0.0509. The summed E-state index contributed by atoms with van der Waals surface area (Å²) in [5.74, 6) is -2.28.